The topological polar surface area (TPSA) is 73.2 Å². The highest BCUT2D eigenvalue weighted by Gasteiger charge is 2.34. The summed E-state index contributed by atoms with van der Waals surface area (Å²) in [6.07, 6.45) is 0.783. The fourth-order valence-corrected chi connectivity index (χ4v) is 4.25. The van der Waals surface area contributed by atoms with Gasteiger partial charge in [0.2, 0.25) is 10.0 Å². The number of benzene rings is 1. The summed E-state index contributed by atoms with van der Waals surface area (Å²) in [7, 11) is -3.50. The number of hydrogen-bond donors (Lipinski definition) is 1. The minimum atomic E-state index is -3.50. The van der Waals surface area contributed by atoms with Crippen LogP contribution in [0.1, 0.15) is 24.5 Å². The number of rotatable bonds is 5. The first-order chi connectivity index (χ1) is 9.50. The van der Waals surface area contributed by atoms with Crippen molar-refractivity contribution in [3.8, 4) is 6.07 Å². The molecule has 1 saturated heterocycles. The van der Waals surface area contributed by atoms with E-state index in [1.807, 2.05) is 13.0 Å². The summed E-state index contributed by atoms with van der Waals surface area (Å²) >= 11 is 0. The zero-order valence-corrected chi connectivity index (χ0v) is 12.6. The Balaban J connectivity index is 2.39. The van der Waals surface area contributed by atoms with Gasteiger partial charge < -0.3 is 5.32 Å². The van der Waals surface area contributed by atoms with E-state index < -0.39 is 10.0 Å². The van der Waals surface area contributed by atoms with E-state index in [2.05, 4.69) is 5.32 Å². The SMILES string of the molecule is CCCN(C1CNC1)S(=O)(=O)c1ccc(C#N)cc1C. The maximum atomic E-state index is 12.8. The Kier molecular flexibility index (Phi) is 4.43. The lowest BCUT2D eigenvalue weighted by Crippen LogP contribution is -2.58. The number of aryl methyl sites for hydroxylation is 1. The van der Waals surface area contributed by atoms with Crippen molar-refractivity contribution < 1.29 is 8.42 Å². The molecule has 1 aromatic rings. The van der Waals surface area contributed by atoms with Crippen molar-refractivity contribution in [3.05, 3.63) is 29.3 Å². The van der Waals surface area contributed by atoms with Crippen LogP contribution in [0, 0.1) is 18.3 Å². The van der Waals surface area contributed by atoms with Gasteiger partial charge in [-0.15, -0.1) is 0 Å². The van der Waals surface area contributed by atoms with E-state index in [1.54, 1.807) is 23.4 Å². The van der Waals surface area contributed by atoms with Crippen LogP contribution in [0.5, 0.6) is 0 Å². The number of nitriles is 1. The molecule has 20 heavy (non-hydrogen) atoms. The van der Waals surface area contributed by atoms with Crippen LogP contribution in [0.15, 0.2) is 23.1 Å². The lowest BCUT2D eigenvalue weighted by Gasteiger charge is -2.37. The predicted octanol–water partition coefficient (Wildman–Crippen LogP) is 1.24. The molecular formula is C14H19N3O2S. The lowest BCUT2D eigenvalue weighted by molar-refractivity contribution is 0.242. The molecule has 5 nitrogen and oxygen atoms in total. The molecule has 1 N–H and O–H groups in total. The van der Waals surface area contributed by atoms with Crippen molar-refractivity contribution in [2.75, 3.05) is 19.6 Å². The quantitative estimate of drug-likeness (QED) is 0.886. The Hall–Kier alpha value is -1.42. The molecule has 0 spiro atoms. The van der Waals surface area contributed by atoms with Gasteiger partial charge >= 0.3 is 0 Å². The highest BCUT2D eigenvalue weighted by atomic mass is 32.2. The highest BCUT2D eigenvalue weighted by Crippen LogP contribution is 2.24. The molecule has 0 bridgehead atoms. The van der Waals surface area contributed by atoms with Gasteiger partial charge in [-0.1, -0.05) is 6.92 Å². The first-order valence-corrected chi connectivity index (χ1v) is 8.18. The van der Waals surface area contributed by atoms with Crippen LogP contribution in [0.4, 0.5) is 0 Å². The van der Waals surface area contributed by atoms with Gasteiger partial charge in [0, 0.05) is 19.6 Å². The van der Waals surface area contributed by atoms with Gasteiger partial charge in [0.05, 0.1) is 22.6 Å². The van der Waals surface area contributed by atoms with E-state index in [0.29, 0.717) is 35.7 Å². The molecular weight excluding hydrogens is 274 g/mol. The second-order valence-corrected chi connectivity index (χ2v) is 6.88. The van der Waals surface area contributed by atoms with Crippen LogP contribution in [0.25, 0.3) is 0 Å². The minimum absolute atomic E-state index is 0.0370. The van der Waals surface area contributed by atoms with Crippen molar-refractivity contribution in [2.24, 2.45) is 0 Å². The summed E-state index contributed by atoms with van der Waals surface area (Å²) < 4.78 is 27.2. The first-order valence-electron chi connectivity index (χ1n) is 6.74. The van der Waals surface area contributed by atoms with Crippen LogP contribution in [-0.2, 0) is 10.0 Å². The number of nitrogens with one attached hydrogen (secondary N) is 1. The molecule has 1 aliphatic heterocycles. The van der Waals surface area contributed by atoms with Crippen molar-refractivity contribution in [1.82, 2.24) is 9.62 Å². The monoisotopic (exact) mass is 293 g/mol. The first kappa shape index (κ1) is 15.0. The molecule has 0 radical (unpaired) electrons. The van der Waals surface area contributed by atoms with Crippen molar-refractivity contribution in [3.63, 3.8) is 0 Å². The van der Waals surface area contributed by atoms with Gasteiger partial charge in [0.25, 0.3) is 0 Å². The van der Waals surface area contributed by atoms with Gasteiger partial charge in [-0.05, 0) is 37.1 Å². The summed E-state index contributed by atoms with van der Waals surface area (Å²) in [5.41, 5.74) is 1.10. The number of sulfonamides is 1. The average Bonchev–Trinajstić information content (AvgIpc) is 2.35. The van der Waals surface area contributed by atoms with Crippen molar-refractivity contribution >= 4 is 10.0 Å². The Morgan fingerprint density at radius 1 is 1.45 bits per heavy atom. The third kappa shape index (κ3) is 2.70. The second-order valence-electron chi connectivity index (χ2n) is 5.02. The molecule has 0 saturated carbocycles. The summed E-state index contributed by atoms with van der Waals surface area (Å²) in [6.45, 7) is 5.63. The fraction of sp³-hybridized carbons (Fsp3) is 0.500. The summed E-state index contributed by atoms with van der Waals surface area (Å²) in [5, 5.41) is 12.0. The van der Waals surface area contributed by atoms with Crippen LogP contribution >= 0.6 is 0 Å². The molecule has 108 valence electrons. The average molecular weight is 293 g/mol. The molecule has 0 aromatic heterocycles. The smallest absolute Gasteiger partial charge is 0.243 e. The van der Waals surface area contributed by atoms with Gasteiger partial charge in [-0.3, -0.25) is 0 Å². The molecule has 0 unspecified atom stereocenters. The van der Waals surface area contributed by atoms with E-state index in [-0.39, 0.29) is 6.04 Å². The Bertz CT molecular complexity index is 630. The van der Waals surface area contributed by atoms with E-state index in [0.717, 1.165) is 6.42 Å². The maximum Gasteiger partial charge on any atom is 0.243 e. The third-order valence-corrected chi connectivity index (χ3v) is 5.61. The molecule has 0 amide bonds. The maximum absolute atomic E-state index is 12.8. The van der Waals surface area contributed by atoms with Crippen molar-refractivity contribution in [2.45, 2.75) is 31.2 Å². The molecule has 1 fully saturated rings. The molecule has 1 aromatic carbocycles. The summed E-state index contributed by atoms with van der Waals surface area (Å²) in [5.74, 6) is 0. The standard InChI is InChI=1S/C14H19N3O2S/c1-3-6-17(13-9-16-10-13)20(18,19)14-5-4-12(8-15)7-11(14)2/h4-5,7,13,16H,3,6,9-10H2,1-2H3. The fourth-order valence-electron chi connectivity index (χ4n) is 2.33. The van der Waals surface area contributed by atoms with Crippen molar-refractivity contribution in [1.29, 1.82) is 5.26 Å². The molecule has 6 heteroatoms. The summed E-state index contributed by atoms with van der Waals surface area (Å²) in [4.78, 5) is 0.303. The highest BCUT2D eigenvalue weighted by molar-refractivity contribution is 7.89. The normalized spacial score (nSPS) is 15.9. The van der Waals surface area contributed by atoms with Crippen LogP contribution < -0.4 is 5.32 Å². The second kappa shape index (κ2) is 5.92. The van der Waals surface area contributed by atoms with Crippen LogP contribution in [0.2, 0.25) is 0 Å². The van der Waals surface area contributed by atoms with Gasteiger partial charge in [-0.2, -0.15) is 9.57 Å². The van der Waals surface area contributed by atoms with Gasteiger partial charge in [0.1, 0.15) is 0 Å². The van der Waals surface area contributed by atoms with E-state index >= 15 is 0 Å². The van der Waals surface area contributed by atoms with E-state index in [1.165, 1.54) is 6.07 Å². The predicted molar refractivity (Wildman–Crippen MR) is 76.7 cm³/mol. The molecule has 1 aliphatic rings. The third-order valence-electron chi connectivity index (χ3n) is 3.50. The Morgan fingerprint density at radius 2 is 2.15 bits per heavy atom. The largest absolute Gasteiger partial charge is 0.313 e. The molecule has 1 heterocycles. The minimum Gasteiger partial charge on any atom is -0.313 e. The van der Waals surface area contributed by atoms with Gasteiger partial charge in [0.15, 0.2) is 0 Å². The molecule has 0 aliphatic carbocycles. The van der Waals surface area contributed by atoms with Crippen LogP contribution in [0.3, 0.4) is 0 Å². The molecule has 0 atom stereocenters. The van der Waals surface area contributed by atoms with Crippen LogP contribution in [-0.4, -0.2) is 38.4 Å². The van der Waals surface area contributed by atoms with Gasteiger partial charge in [-0.25, -0.2) is 8.42 Å². The Labute approximate surface area is 120 Å². The molecule has 2 rings (SSSR count). The van der Waals surface area contributed by atoms with E-state index in [9.17, 15) is 8.42 Å². The number of hydrogen-bond acceptors (Lipinski definition) is 4. The van der Waals surface area contributed by atoms with E-state index in [4.69, 9.17) is 5.26 Å². The number of nitrogens with zero attached hydrogens (tertiary/aromatic N) is 2. The summed E-state index contributed by atoms with van der Waals surface area (Å²) in [6, 6.07) is 6.78. The Morgan fingerprint density at radius 3 is 2.60 bits per heavy atom. The zero-order chi connectivity index (χ0) is 14.8. The zero-order valence-electron chi connectivity index (χ0n) is 11.8. The lowest BCUT2D eigenvalue weighted by atomic mass is 10.2.